The van der Waals surface area contributed by atoms with Gasteiger partial charge in [-0.1, -0.05) is 32.0 Å². The first-order valence-corrected chi connectivity index (χ1v) is 5.89. The molecule has 1 rings (SSSR count). The van der Waals surface area contributed by atoms with E-state index in [0.717, 1.165) is 12.4 Å². The second-order valence-electron chi connectivity index (χ2n) is 3.75. The van der Waals surface area contributed by atoms with Gasteiger partial charge in [0, 0.05) is 13.6 Å². The molecule has 16 heavy (non-hydrogen) atoms. The first-order valence-electron chi connectivity index (χ1n) is 5.48. The lowest BCUT2D eigenvalue weighted by Crippen LogP contribution is -2.21. The van der Waals surface area contributed by atoms with Gasteiger partial charge in [0.15, 0.2) is 0 Å². The van der Waals surface area contributed by atoms with Gasteiger partial charge in [0.2, 0.25) is 0 Å². The van der Waals surface area contributed by atoms with Crippen molar-refractivity contribution in [1.29, 1.82) is 0 Å². The van der Waals surface area contributed by atoms with Gasteiger partial charge in [-0.3, -0.25) is 0 Å². The molecular formula is C11H18N4S. The fourth-order valence-electron chi connectivity index (χ4n) is 1.36. The van der Waals surface area contributed by atoms with Crippen LogP contribution in [-0.4, -0.2) is 28.5 Å². The number of nitrogens with two attached hydrogens (primary N) is 1. The smallest absolute Gasteiger partial charge is 0.146 e. The second-order valence-corrected chi connectivity index (χ2v) is 4.19. The van der Waals surface area contributed by atoms with E-state index in [1.807, 2.05) is 7.05 Å². The van der Waals surface area contributed by atoms with Crippen molar-refractivity contribution in [2.75, 3.05) is 18.5 Å². The number of hydrogen-bond acceptors (Lipinski definition) is 4. The number of rotatable bonds is 6. The molecule has 0 bridgehead atoms. The highest BCUT2D eigenvalue weighted by Gasteiger charge is 2.04. The van der Waals surface area contributed by atoms with Gasteiger partial charge >= 0.3 is 0 Å². The van der Waals surface area contributed by atoms with Gasteiger partial charge in [-0.2, -0.15) is 0 Å². The number of anilines is 1. The van der Waals surface area contributed by atoms with Crippen LogP contribution in [0.1, 0.15) is 31.9 Å². The maximum Gasteiger partial charge on any atom is 0.146 e. The summed E-state index contributed by atoms with van der Waals surface area (Å²) in [6.07, 6.45) is 6.96. The van der Waals surface area contributed by atoms with Gasteiger partial charge in [-0.15, -0.1) is 0 Å². The van der Waals surface area contributed by atoms with Gasteiger partial charge in [0.05, 0.1) is 12.4 Å². The summed E-state index contributed by atoms with van der Waals surface area (Å²) in [5.41, 5.74) is 6.02. The molecule has 0 radical (unpaired) electrons. The van der Waals surface area contributed by atoms with E-state index in [0.29, 0.717) is 5.69 Å². The zero-order chi connectivity index (χ0) is 12.0. The van der Waals surface area contributed by atoms with Crippen molar-refractivity contribution in [3.05, 3.63) is 18.1 Å². The van der Waals surface area contributed by atoms with Crippen molar-refractivity contribution in [3.8, 4) is 0 Å². The Balaban J connectivity index is 2.56. The van der Waals surface area contributed by atoms with Crippen LogP contribution in [0.3, 0.4) is 0 Å². The maximum atomic E-state index is 5.45. The molecular weight excluding hydrogens is 220 g/mol. The van der Waals surface area contributed by atoms with Crippen LogP contribution in [0.5, 0.6) is 0 Å². The Labute approximate surface area is 102 Å². The normalized spacial score (nSPS) is 10.1. The molecule has 0 aromatic carbocycles. The molecule has 0 atom stereocenters. The zero-order valence-corrected chi connectivity index (χ0v) is 10.6. The monoisotopic (exact) mass is 238 g/mol. The maximum absolute atomic E-state index is 5.45. The molecule has 5 heteroatoms. The van der Waals surface area contributed by atoms with Crippen LogP contribution in [-0.2, 0) is 0 Å². The standard InChI is InChI=1S/C11H18N4S/c1-3-4-5-6-15(2)10-8-13-9(7-14-10)11(12)16/h7-8H,3-6H2,1-2H3,(H2,12,16). The van der Waals surface area contributed by atoms with Crippen molar-refractivity contribution in [3.63, 3.8) is 0 Å². The number of nitrogens with zero attached hydrogens (tertiary/aromatic N) is 3. The SMILES string of the molecule is CCCCCN(C)c1cnc(C(N)=S)cn1. The number of hydrogen-bond donors (Lipinski definition) is 1. The molecule has 1 heterocycles. The molecule has 0 spiro atoms. The van der Waals surface area contributed by atoms with E-state index in [1.165, 1.54) is 19.3 Å². The fourth-order valence-corrected chi connectivity index (χ4v) is 1.46. The third-order valence-corrected chi connectivity index (χ3v) is 2.59. The Morgan fingerprint density at radius 3 is 2.62 bits per heavy atom. The Kier molecular flexibility index (Phi) is 5.11. The fraction of sp³-hybridized carbons (Fsp3) is 0.545. The molecule has 2 N–H and O–H groups in total. The van der Waals surface area contributed by atoms with Crippen molar-refractivity contribution in [2.24, 2.45) is 5.73 Å². The van der Waals surface area contributed by atoms with Crippen molar-refractivity contribution < 1.29 is 0 Å². The summed E-state index contributed by atoms with van der Waals surface area (Å²) in [4.78, 5) is 10.8. The molecule has 0 unspecified atom stereocenters. The first-order chi connectivity index (χ1) is 7.65. The van der Waals surface area contributed by atoms with Crippen LogP contribution in [0.2, 0.25) is 0 Å². The van der Waals surface area contributed by atoms with Crippen LogP contribution in [0, 0.1) is 0 Å². The van der Waals surface area contributed by atoms with Gasteiger partial charge < -0.3 is 10.6 Å². The van der Waals surface area contributed by atoms with Crippen LogP contribution >= 0.6 is 12.2 Å². The van der Waals surface area contributed by atoms with Crippen LogP contribution in [0.15, 0.2) is 12.4 Å². The summed E-state index contributed by atoms with van der Waals surface area (Å²) in [5, 5.41) is 0. The molecule has 88 valence electrons. The average Bonchev–Trinajstić information content (AvgIpc) is 2.29. The summed E-state index contributed by atoms with van der Waals surface area (Å²) in [6, 6.07) is 0. The first kappa shape index (κ1) is 12.8. The summed E-state index contributed by atoms with van der Waals surface area (Å²) in [6.45, 7) is 3.19. The van der Waals surface area contributed by atoms with E-state index < -0.39 is 0 Å². The van der Waals surface area contributed by atoms with E-state index in [2.05, 4.69) is 21.8 Å². The van der Waals surface area contributed by atoms with Gasteiger partial charge in [0.25, 0.3) is 0 Å². The molecule has 0 saturated heterocycles. The highest BCUT2D eigenvalue weighted by Crippen LogP contribution is 2.08. The van der Waals surface area contributed by atoms with Gasteiger partial charge in [-0.05, 0) is 6.42 Å². The molecule has 0 saturated carbocycles. The summed E-state index contributed by atoms with van der Waals surface area (Å²) < 4.78 is 0. The molecule has 0 fully saturated rings. The van der Waals surface area contributed by atoms with Gasteiger partial charge in [0.1, 0.15) is 16.5 Å². The number of thiocarbonyl (C=S) groups is 1. The Morgan fingerprint density at radius 1 is 1.38 bits per heavy atom. The van der Waals surface area contributed by atoms with Crippen molar-refractivity contribution in [2.45, 2.75) is 26.2 Å². The average molecular weight is 238 g/mol. The minimum atomic E-state index is 0.285. The molecule has 4 nitrogen and oxygen atoms in total. The van der Waals surface area contributed by atoms with E-state index in [-0.39, 0.29) is 4.99 Å². The molecule has 0 aliphatic carbocycles. The predicted molar refractivity (Wildman–Crippen MR) is 70.7 cm³/mol. The third kappa shape index (κ3) is 3.73. The van der Waals surface area contributed by atoms with E-state index in [9.17, 15) is 0 Å². The lowest BCUT2D eigenvalue weighted by atomic mass is 10.2. The van der Waals surface area contributed by atoms with Gasteiger partial charge in [-0.25, -0.2) is 9.97 Å². The molecule has 1 aromatic rings. The topological polar surface area (TPSA) is 55.0 Å². The largest absolute Gasteiger partial charge is 0.388 e. The van der Waals surface area contributed by atoms with E-state index in [1.54, 1.807) is 12.4 Å². The lowest BCUT2D eigenvalue weighted by Gasteiger charge is -2.17. The second kappa shape index (κ2) is 6.37. The van der Waals surface area contributed by atoms with Crippen LogP contribution in [0.4, 0.5) is 5.82 Å². The highest BCUT2D eigenvalue weighted by atomic mass is 32.1. The predicted octanol–water partition coefficient (Wildman–Crippen LogP) is 1.74. The molecule has 0 aliphatic rings. The van der Waals surface area contributed by atoms with Crippen molar-refractivity contribution >= 4 is 23.0 Å². The Bertz CT molecular complexity index is 336. The number of unbranched alkanes of at least 4 members (excludes halogenated alkanes) is 2. The zero-order valence-electron chi connectivity index (χ0n) is 9.81. The van der Waals surface area contributed by atoms with E-state index in [4.69, 9.17) is 18.0 Å². The molecule has 0 amide bonds. The summed E-state index contributed by atoms with van der Waals surface area (Å²) >= 11 is 4.82. The molecule has 1 aromatic heterocycles. The van der Waals surface area contributed by atoms with Crippen LogP contribution in [0.25, 0.3) is 0 Å². The van der Waals surface area contributed by atoms with Crippen molar-refractivity contribution in [1.82, 2.24) is 9.97 Å². The summed E-state index contributed by atoms with van der Waals surface area (Å²) in [5.74, 6) is 0.858. The Morgan fingerprint density at radius 2 is 2.12 bits per heavy atom. The lowest BCUT2D eigenvalue weighted by molar-refractivity contribution is 0.700. The minimum Gasteiger partial charge on any atom is -0.388 e. The van der Waals surface area contributed by atoms with E-state index >= 15 is 0 Å². The Hall–Kier alpha value is -1.23. The highest BCUT2D eigenvalue weighted by molar-refractivity contribution is 7.80. The minimum absolute atomic E-state index is 0.285. The molecule has 0 aliphatic heterocycles. The third-order valence-electron chi connectivity index (χ3n) is 2.38. The number of aromatic nitrogens is 2. The van der Waals surface area contributed by atoms with Crippen LogP contribution < -0.4 is 10.6 Å². The quantitative estimate of drug-likeness (QED) is 0.604. The summed E-state index contributed by atoms with van der Waals surface area (Å²) in [7, 11) is 2.01.